The molecule has 1 aliphatic heterocycles. The molecule has 1 aromatic rings. The third kappa shape index (κ3) is 3.53. The summed E-state index contributed by atoms with van der Waals surface area (Å²) in [4.78, 5) is 11.9. The smallest absolute Gasteiger partial charge is 0.145 e. The third-order valence-electron chi connectivity index (χ3n) is 3.15. The summed E-state index contributed by atoms with van der Waals surface area (Å²) in [5, 5.41) is 0.0641. The number of hydrogen-bond donors (Lipinski definition) is 0. The van der Waals surface area contributed by atoms with E-state index in [1.807, 2.05) is 0 Å². The lowest BCUT2D eigenvalue weighted by molar-refractivity contribution is -0.122. The molecule has 0 N–H and O–H groups in total. The summed E-state index contributed by atoms with van der Waals surface area (Å²) in [6.45, 7) is 0.726. The summed E-state index contributed by atoms with van der Waals surface area (Å²) < 4.78 is 19.1. The predicted octanol–water partition coefficient (Wildman–Crippen LogP) is 3.55. The van der Waals surface area contributed by atoms with Crippen LogP contribution in [0.5, 0.6) is 0 Å². The van der Waals surface area contributed by atoms with Crippen molar-refractivity contribution < 1.29 is 13.9 Å². The van der Waals surface area contributed by atoms with Crippen molar-refractivity contribution in [3.8, 4) is 0 Å². The van der Waals surface area contributed by atoms with Crippen molar-refractivity contribution in [1.82, 2.24) is 0 Å². The molecule has 1 atom stereocenters. The van der Waals surface area contributed by atoms with Crippen molar-refractivity contribution in [2.45, 2.75) is 38.2 Å². The number of carbonyl (C=O) groups excluding carboxylic acids is 1. The largest absolute Gasteiger partial charge is 0.378 e. The molecule has 1 fully saturated rings. The first-order valence-corrected chi connectivity index (χ1v) is 6.61. The maximum atomic E-state index is 13.6. The van der Waals surface area contributed by atoms with Gasteiger partial charge in [-0.25, -0.2) is 4.39 Å². The zero-order chi connectivity index (χ0) is 13.0. The minimum absolute atomic E-state index is 0.00284. The number of rotatable bonds is 4. The number of halogens is 2. The van der Waals surface area contributed by atoms with E-state index in [0.717, 1.165) is 25.9 Å². The standard InChI is InChI=1S/C14H16ClFO2/c15-13-6-3-4-10(14(13)16)8-11(17)9-12-5-1-2-7-18-12/h3-4,6,12H,1-2,5,7-9H2. The predicted molar refractivity (Wildman–Crippen MR) is 68.3 cm³/mol. The summed E-state index contributed by atoms with van der Waals surface area (Å²) in [6.07, 6.45) is 3.55. The van der Waals surface area contributed by atoms with E-state index in [-0.39, 0.29) is 23.3 Å². The molecule has 1 saturated heterocycles. The average molecular weight is 271 g/mol. The molecular formula is C14H16ClFO2. The average Bonchev–Trinajstić information content (AvgIpc) is 2.36. The Labute approximate surface area is 111 Å². The van der Waals surface area contributed by atoms with Crippen LogP contribution in [0, 0.1) is 5.82 Å². The van der Waals surface area contributed by atoms with E-state index >= 15 is 0 Å². The highest BCUT2D eigenvalue weighted by molar-refractivity contribution is 6.30. The van der Waals surface area contributed by atoms with Gasteiger partial charge in [0, 0.05) is 19.4 Å². The van der Waals surface area contributed by atoms with Crippen molar-refractivity contribution in [2.75, 3.05) is 6.61 Å². The molecule has 2 rings (SSSR count). The van der Waals surface area contributed by atoms with Gasteiger partial charge in [0.1, 0.15) is 11.6 Å². The van der Waals surface area contributed by atoms with Crippen molar-refractivity contribution in [3.05, 3.63) is 34.6 Å². The molecule has 2 nitrogen and oxygen atoms in total. The van der Waals surface area contributed by atoms with E-state index in [9.17, 15) is 9.18 Å². The van der Waals surface area contributed by atoms with Crippen LogP contribution in [0.2, 0.25) is 5.02 Å². The lowest BCUT2D eigenvalue weighted by Crippen LogP contribution is -2.23. The molecule has 0 spiro atoms. The zero-order valence-electron chi connectivity index (χ0n) is 10.1. The first kappa shape index (κ1) is 13.5. The molecule has 4 heteroatoms. The molecular weight excluding hydrogens is 255 g/mol. The van der Waals surface area contributed by atoms with Gasteiger partial charge in [-0.3, -0.25) is 4.79 Å². The van der Waals surface area contributed by atoms with Crippen LogP contribution in [0.15, 0.2) is 18.2 Å². The van der Waals surface area contributed by atoms with Gasteiger partial charge in [0.05, 0.1) is 11.1 Å². The van der Waals surface area contributed by atoms with Gasteiger partial charge in [-0.05, 0) is 30.9 Å². The Morgan fingerprint density at radius 1 is 1.44 bits per heavy atom. The van der Waals surface area contributed by atoms with Crippen LogP contribution in [-0.4, -0.2) is 18.5 Å². The Morgan fingerprint density at radius 2 is 2.28 bits per heavy atom. The second-order valence-corrected chi connectivity index (χ2v) is 5.03. The minimum atomic E-state index is -0.489. The van der Waals surface area contributed by atoms with Crippen LogP contribution in [0.3, 0.4) is 0 Å². The summed E-state index contributed by atoms with van der Waals surface area (Å²) in [6, 6.07) is 4.74. The normalized spacial score (nSPS) is 19.8. The van der Waals surface area contributed by atoms with Gasteiger partial charge >= 0.3 is 0 Å². The summed E-state index contributed by atoms with van der Waals surface area (Å²) in [5.74, 6) is -0.486. The van der Waals surface area contributed by atoms with Gasteiger partial charge in [0.2, 0.25) is 0 Å². The molecule has 0 aromatic heterocycles. The van der Waals surface area contributed by atoms with Gasteiger partial charge in [-0.15, -0.1) is 0 Å². The Balaban J connectivity index is 1.92. The van der Waals surface area contributed by atoms with Crippen LogP contribution in [0.1, 0.15) is 31.2 Å². The zero-order valence-corrected chi connectivity index (χ0v) is 10.9. The highest BCUT2D eigenvalue weighted by Crippen LogP contribution is 2.20. The fraction of sp³-hybridized carbons (Fsp3) is 0.500. The number of carbonyl (C=O) groups is 1. The maximum Gasteiger partial charge on any atom is 0.145 e. The molecule has 1 unspecified atom stereocenters. The fourth-order valence-electron chi connectivity index (χ4n) is 2.19. The maximum absolute atomic E-state index is 13.6. The summed E-state index contributed by atoms with van der Waals surface area (Å²) in [5.41, 5.74) is 0.364. The number of benzene rings is 1. The molecule has 0 bridgehead atoms. The van der Waals surface area contributed by atoms with Crippen molar-refractivity contribution >= 4 is 17.4 Å². The minimum Gasteiger partial charge on any atom is -0.378 e. The molecule has 1 aromatic carbocycles. The summed E-state index contributed by atoms with van der Waals surface area (Å²) >= 11 is 5.68. The number of ether oxygens (including phenoxy) is 1. The van der Waals surface area contributed by atoms with E-state index in [1.54, 1.807) is 12.1 Å². The second-order valence-electron chi connectivity index (χ2n) is 4.62. The fourth-order valence-corrected chi connectivity index (χ4v) is 2.39. The molecule has 18 heavy (non-hydrogen) atoms. The topological polar surface area (TPSA) is 26.3 Å². The Kier molecular flexibility index (Phi) is 4.72. The molecule has 1 aliphatic rings. The highest BCUT2D eigenvalue weighted by Gasteiger charge is 2.19. The van der Waals surface area contributed by atoms with Crippen LogP contribution in [0.4, 0.5) is 4.39 Å². The molecule has 0 aliphatic carbocycles. The van der Waals surface area contributed by atoms with Crippen LogP contribution in [-0.2, 0) is 16.0 Å². The van der Waals surface area contributed by atoms with E-state index in [4.69, 9.17) is 16.3 Å². The number of ketones is 1. The van der Waals surface area contributed by atoms with Gasteiger partial charge in [0.15, 0.2) is 0 Å². The monoisotopic (exact) mass is 270 g/mol. The lowest BCUT2D eigenvalue weighted by atomic mass is 10.00. The molecule has 1 heterocycles. The van der Waals surface area contributed by atoms with Crippen molar-refractivity contribution in [2.24, 2.45) is 0 Å². The second kappa shape index (κ2) is 6.30. The number of Topliss-reactive ketones (excluding diaryl/α,β-unsaturated/α-hetero) is 1. The van der Waals surface area contributed by atoms with Gasteiger partial charge in [-0.2, -0.15) is 0 Å². The van der Waals surface area contributed by atoms with Crippen LogP contribution < -0.4 is 0 Å². The van der Waals surface area contributed by atoms with Crippen LogP contribution in [0.25, 0.3) is 0 Å². The molecule has 98 valence electrons. The van der Waals surface area contributed by atoms with Gasteiger partial charge in [0.25, 0.3) is 0 Å². The molecule has 0 saturated carbocycles. The van der Waals surface area contributed by atoms with Gasteiger partial charge in [-0.1, -0.05) is 23.7 Å². The first-order chi connectivity index (χ1) is 8.66. The Bertz CT molecular complexity index is 428. The van der Waals surface area contributed by atoms with Crippen molar-refractivity contribution in [1.29, 1.82) is 0 Å². The highest BCUT2D eigenvalue weighted by atomic mass is 35.5. The van der Waals surface area contributed by atoms with Crippen molar-refractivity contribution in [3.63, 3.8) is 0 Å². The Hall–Kier alpha value is -0.930. The summed E-state index contributed by atoms with van der Waals surface area (Å²) in [7, 11) is 0. The third-order valence-corrected chi connectivity index (χ3v) is 3.44. The molecule has 0 amide bonds. The quantitative estimate of drug-likeness (QED) is 0.836. The molecule has 0 radical (unpaired) electrons. The Morgan fingerprint density at radius 3 is 3.00 bits per heavy atom. The lowest BCUT2D eigenvalue weighted by Gasteiger charge is -2.21. The SMILES string of the molecule is O=C(Cc1cccc(Cl)c1F)CC1CCCCO1. The van der Waals surface area contributed by atoms with E-state index in [2.05, 4.69) is 0 Å². The van der Waals surface area contributed by atoms with Gasteiger partial charge < -0.3 is 4.74 Å². The van der Waals surface area contributed by atoms with E-state index < -0.39 is 5.82 Å². The first-order valence-electron chi connectivity index (χ1n) is 6.23. The van der Waals surface area contributed by atoms with E-state index in [0.29, 0.717) is 12.0 Å². The van der Waals surface area contributed by atoms with E-state index in [1.165, 1.54) is 6.07 Å². The number of hydrogen-bond acceptors (Lipinski definition) is 2. The van der Waals surface area contributed by atoms with Crippen LogP contribution >= 0.6 is 11.6 Å².